The van der Waals surface area contributed by atoms with Crippen LogP contribution in [0.5, 0.6) is 11.5 Å². The fourth-order valence-electron chi connectivity index (χ4n) is 2.74. The Morgan fingerprint density at radius 2 is 1.20 bits per heavy atom. The van der Waals surface area contributed by atoms with Gasteiger partial charge in [-0.25, -0.2) is 4.42 Å². The molecule has 0 unspecified atom stereocenters. The summed E-state index contributed by atoms with van der Waals surface area (Å²) in [6.45, 7) is 7.27. The number of ether oxygens (including phenoxy) is 2. The van der Waals surface area contributed by atoms with Crippen LogP contribution in [0.15, 0.2) is 65.1 Å². The molecule has 3 aromatic rings. The Bertz CT molecular complexity index is 753. The standard InChI is InChI=1S/C22H23O3/c1-4-23-20-10-6-17(7-11-20)19-14-16(3)25-22(15-19)18-8-12-21(13-9-18)24-5-2/h6-15H,4-5H2,1-3H3/q+1. The molecule has 0 fully saturated rings. The Kier molecular flexibility index (Phi) is 5.34. The molecule has 0 amide bonds. The zero-order chi connectivity index (χ0) is 17.6. The van der Waals surface area contributed by atoms with E-state index in [-0.39, 0.29) is 0 Å². The van der Waals surface area contributed by atoms with Gasteiger partial charge in [0, 0.05) is 11.6 Å². The van der Waals surface area contributed by atoms with Gasteiger partial charge in [0.15, 0.2) is 0 Å². The number of benzene rings is 2. The maximum Gasteiger partial charge on any atom is 0.360 e. The summed E-state index contributed by atoms with van der Waals surface area (Å²) < 4.78 is 16.9. The van der Waals surface area contributed by atoms with Crippen LogP contribution in [-0.2, 0) is 0 Å². The summed E-state index contributed by atoms with van der Waals surface area (Å²) in [5, 5.41) is 0. The van der Waals surface area contributed by atoms with Crippen molar-refractivity contribution >= 4 is 0 Å². The van der Waals surface area contributed by atoms with E-state index >= 15 is 0 Å². The van der Waals surface area contributed by atoms with Crippen LogP contribution >= 0.6 is 0 Å². The van der Waals surface area contributed by atoms with E-state index in [9.17, 15) is 0 Å². The van der Waals surface area contributed by atoms with Crippen molar-refractivity contribution in [3.63, 3.8) is 0 Å². The van der Waals surface area contributed by atoms with Gasteiger partial charge < -0.3 is 9.47 Å². The minimum atomic E-state index is 0.663. The van der Waals surface area contributed by atoms with Crippen molar-refractivity contribution in [1.82, 2.24) is 0 Å². The molecule has 128 valence electrons. The summed E-state index contributed by atoms with van der Waals surface area (Å²) in [7, 11) is 0. The monoisotopic (exact) mass is 335 g/mol. The lowest BCUT2D eigenvalue weighted by Gasteiger charge is -2.05. The molecule has 2 aromatic carbocycles. The van der Waals surface area contributed by atoms with Gasteiger partial charge in [0.25, 0.3) is 0 Å². The van der Waals surface area contributed by atoms with E-state index in [0.29, 0.717) is 13.2 Å². The van der Waals surface area contributed by atoms with Crippen LogP contribution in [0.2, 0.25) is 0 Å². The summed E-state index contributed by atoms with van der Waals surface area (Å²) >= 11 is 0. The van der Waals surface area contributed by atoms with E-state index in [2.05, 4.69) is 18.2 Å². The largest absolute Gasteiger partial charge is 0.494 e. The molecule has 25 heavy (non-hydrogen) atoms. The SMILES string of the molecule is CCOc1ccc(-c2cc(C)[o+]c(-c3ccc(OCC)cc3)c2)cc1. The smallest absolute Gasteiger partial charge is 0.360 e. The Hall–Kier alpha value is -2.81. The minimum Gasteiger partial charge on any atom is -0.494 e. The molecule has 0 radical (unpaired) electrons. The Balaban J connectivity index is 1.92. The van der Waals surface area contributed by atoms with Gasteiger partial charge in [0.1, 0.15) is 11.5 Å². The molecule has 0 aliphatic heterocycles. The van der Waals surface area contributed by atoms with E-state index in [1.807, 2.05) is 63.2 Å². The summed E-state index contributed by atoms with van der Waals surface area (Å²) in [4.78, 5) is 0. The Morgan fingerprint density at radius 3 is 1.72 bits per heavy atom. The topological polar surface area (TPSA) is 29.8 Å². The number of rotatable bonds is 6. The molecule has 0 aliphatic rings. The van der Waals surface area contributed by atoms with Gasteiger partial charge >= 0.3 is 11.5 Å². The lowest BCUT2D eigenvalue weighted by molar-refractivity contribution is 0.340. The normalized spacial score (nSPS) is 10.5. The van der Waals surface area contributed by atoms with Gasteiger partial charge in [0.2, 0.25) is 0 Å². The molecule has 1 heterocycles. The zero-order valence-corrected chi connectivity index (χ0v) is 14.9. The highest BCUT2D eigenvalue weighted by Gasteiger charge is 2.16. The number of hydrogen-bond acceptors (Lipinski definition) is 2. The van der Waals surface area contributed by atoms with Crippen molar-refractivity contribution in [2.75, 3.05) is 13.2 Å². The average Bonchev–Trinajstić information content (AvgIpc) is 2.63. The molecular weight excluding hydrogens is 312 g/mol. The maximum atomic E-state index is 5.92. The molecular formula is C22H23O3+. The molecule has 3 rings (SSSR count). The van der Waals surface area contributed by atoms with E-state index in [1.165, 1.54) is 0 Å². The molecule has 0 aliphatic carbocycles. The maximum absolute atomic E-state index is 5.92. The van der Waals surface area contributed by atoms with Crippen LogP contribution in [0, 0.1) is 6.92 Å². The summed E-state index contributed by atoms with van der Waals surface area (Å²) in [5.41, 5.74) is 3.28. The van der Waals surface area contributed by atoms with Crippen LogP contribution in [0.25, 0.3) is 22.5 Å². The Labute approximate surface area is 148 Å². The van der Waals surface area contributed by atoms with E-state index in [1.54, 1.807) is 0 Å². The first-order valence-corrected chi connectivity index (χ1v) is 8.61. The highest BCUT2D eigenvalue weighted by Crippen LogP contribution is 2.30. The van der Waals surface area contributed by atoms with Crippen LogP contribution < -0.4 is 9.47 Å². The van der Waals surface area contributed by atoms with Crippen molar-refractivity contribution in [3.8, 4) is 33.9 Å². The molecule has 0 saturated heterocycles. The summed E-state index contributed by atoms with van der Waals surface area (Å²) in [5.74, 6) is 3.46. The van der Waals surface area contributed by atoms with Gasteiger partial charge in [-0.3, -0.25) is 0 Å². The third kappa shape index (κ3) is 4.18. The van der Waals surface area contributed by atoms with Crippen LogP contribution in [0.4, 0.5) is 0 Å². The number of hydrogen-bond donors (Lipinski definition) is 0. The second-order valence-corrected chi connectivity index (χ2v) is 5.74. The van der Waals surface area contributed by atoms with E-state index in [0.717, 1.165) is 39.7 Å². The quantitative estimate of drug-likeness (QED) is 0.517. The predicted octanol–water partition coefficient (Wildman–Crippen LogP) is 6.00. The van der Waals surface area contributed by atoms with Gasteiger partial charge in [-0.15, -0.1) is 0 Å². The van der Waals surface area contributed by atoms with Crippen LogP contribution in [0.3, 0.4) is 0 Å². The van der Waals surface area contributed by atoms with E-state index in [4.69, 9.17) is 13.9 Å². The zero-order valence-electron chi connectivity index (χ0n) is 14.9. The Morgan fingerprint density at radius 1 is 0.680 bits per heavy atom. The van der Waals surface area contributed by atoms with Crippen molar-refractivity contribution in [1.29, 1.82) is 0 Å². The van der Waals surface area contributed by atoms with Gasteiger partial charge in [0.05, 0.1) is 31.8 Å². The molecule has 0 atom stereocenters. The second-order valence-electron chi connectivity index (χ2n) is 5.74. The molecule has 1 aromatic heterocycles. The van der Waals surface area contributed by atoms with Crippen LogP contribution in [0.1, 0.15) is 19.6 Å². The lowest BCUT2D eigenvalue weighted by atomic mass is 10.0. The number of aryl methyl sites for hydroxylation is 1. The first-order valence-electron chi connectivity index (χ1n) is 8.61. The summed E-state index contributed by atoms with van der Waals surface area (Å²) in [6.07, 6.45) is 0. The second kappa shape index (κ2) is 7.84. The molecule has 0 N–H and O–H groups in total. The van der Waals surface area contributed by atoms with E-state index < -0.39 is 0 Å². The van der Waals surface area contributed by atoms with Crippen LogP contribution in [-0.4, -0.2) is 13.2 Å². The third-order valence-corrected chi connectivity index (χ3v) is 3.86. The summed E-state index contributed by atoms with van der Waals surface area (Å²) in [6, 6.07) is 20.2. The lowest BCUT2D eigenvalue weighted by Crippen LogP contribution is -1.91. The fraction of sp³-hybridized carbons (Fsp3) is 0.227. The molecule has 3 heteroatoms. The van der Waals surface area contributed by atoms with Crippen molar-refractivity contribution in [2.45, 2.75) is 20.8 Å². The van der Waals surface area contributed by atoms with Gasteiger partial charge in [-0.05, 0) is 55.8 Å². The molecule has 0 saturated carbocycles. The minimum absolute atomic E-state index is 0.663. The molecule has 0 spiro atoms. The molecule has 0 bridgehead atoms. The highest BCUT2D eigenvalue weighted by molar-refractivity contribution is 5.70. The average molecular weight is 335 g/mol. The first kappa shape index (κ1) is 17.0. The third-order valence-electron chi connectivity index (χ3n) is 3.86. The van der Waals surface area contributed by atoms with Crippen molar-refractivity contribution < 1.29 is 13.9 Å². The van der Waals surface area contributed by atoms with Crippen molar-refractivity contribution in [3.05, 3.63) is 66.4 Å². The van der Waals surface area contributed by atoms with Gasteiger partial charge in [-0.1, -0.05) is 12.1 Å². The highest BCUT2D eigenvalue weighted by atomic mass is 16.5. The predicted molar refractivity (Wildman–Crippen MR) is 101 cm³/mol. The van der Waals surface area contributed by atoms with Crippen molar-refractivity contribution in [2.24, 2.45) is 0 Å². The molecule has 3 nitrogen and oxygen atoms in total. The fourth-order valence-corrected chi connectivity index (χ4v) is 2.74. The van der Waals surface area contributed by atoms with Gasteiger partial charge in [-0.2, -0.15) is 0 Å². The first-order chi connectivity index (χ1) is 12.2.